The maximum absolute atomic E-state index is 12.3. The monoisotopic (exact) mass is 564 g/mol. The van der Waals surface area contributed by atoms with Gasteiger partial charge in [-0.05, 0) is 52.1 Å². The second-order valence-electron chi connectivity index (χ2n) is 12.9. The number of halogens is 3. The molecule has 4 nitrogen and oxygen atoms in total. The van der Waals surface area contributed by atoms with Crippen LogP contribution in [0.15, 0.2) is 48.5 Å². The van der Waals surface area contributed by atoms with Gasteiger partial charge < -0.3 is 9.47 Å². The molecule has 0 aromatic heterocycles. The number of rotatable bonds is 10. The standard InChI is InChI=1S/C16H24ClNO.C16H23F2NO/c1-16(2,3)14-4-6-15(7-5-14)19-9-8-18-11-13(10-17)12-18;1-16(2,3)13-4-6-14(7-5-13)20-9-8-19-10-12(11-19)15(17)18/h4-7,13H,8-12H2,1-3H3;4-7,12,15H,8-11H2,1-3H3. The first-order valence-electron chi connectivity index (χ1n) is 14.1. The van der Waals surface area contributed by atoms with Crippen LogP contribution in [0.3, 0.4) is 0 Å². The molecule has 2 saturated heterocycles. The topological polar surface area (TPSA) is 24.9 Å². The summed E-state index contributed by atoms with van der Waals surface area (Å²) >= 11 is 5.79. The van der Waals surface area contributed by atoms with Gasteiger partial charge in [-0.15, -0.1) is 11.6 Å². The fourth-order valence-electron chi connectivity index (χ4n) is 4.60. The van der Waals surface area contributed by atoms with Crippen molar-refractivity contribution in [2.45, 2.75) is 58.8 Å². The number of alkyl halides is 3. The maximum Gasteiger partial charge on any atom is 0.243 e. The van der Waals surface area contributed by atoms with E-state index in [0.29, 0.717) is 32.2 Å². The number of hydrogen-bond acceptors (Lipinski definition) is 4. The highest BCUT2D eigenvalue weighted by atomic mass is 35.5. The Balaban J connectivity index is 0.000000216. The van der Waals surface area contributed by atoms with E-state index in [-0.39, 0.29) is 10.8 Å². The summed E-state index contributed by atoms with van der Waals surface area (Å²) in [7, 11) is 0. The molecule has 0 amide bonds. The number of nitrogens with zero attached hydrogens (tertiary/aromatic N) is 2. The summed E-state index contributed by atoms with van der Waals surface area (Å²) in [4.78, 5) is 4.39. The highest BCUT2D eigenvalue weighted by Gasteiger charge is 2.33. The molecule has 0 N–H and O–H groups in total. The summed E-state index contributed by atoms with van der Waals surface area (Å²) in [6.45, 7) is 19.4. The van der Waals surface area contributed by atoms with Gasteiger partial charge in [0.05, 0.1) is 0 Å². The van der Waals surface area contributed by atoms with Crippen molar-refractivity contribution in [3.63, 3.8) is 0 Å². The third-order valence-corrected chi connectivity index (χ3v) is 7.82. The van der Waals surface area contributed by atoms with Gasteiger partial charge in [-0.2, -0.15) is 0 Å². The normalized spacial score (nSPS) is 17.3. The van der Waals surface area contributed by atoms with Crippen molar-refractivity contribution < 1.29 is 18.3 Å². The van der Waals surface area contributed by atoms with Gasteiger partial charge in [0.2, 0.25) is 6.43 Å². The van der Waals surface area contributed by atoms with Crippen molar-refractivity contribution in [3.8, 4) is 11.5 Å². The molecule has 7 heteroatoms. The summed E-state index contributed by atoms with van der Waals surface area (Å²) in [5, 5.41) is 0. The van der Waals surface area contributed by atoms with Gasteiger partial charge >= 0.3 is 0 Å². The van der Waals surface area contributed by atoms with Crippen LogP contribution in [-0.4, -0.2) is 74.6 Å². The van der Waals surface area contributed by atoms with E-state index in [9.17, 15) is 8.78 Å². The highest BCUT2D eigenvalue weighted by Crippen LogP contribution is 2.26. The van der Waals surface area contributed by atoms with Crippen molar-refractivity contribution in [2.24, 2.45) is 11.8 Å². The largest absolute Gasteiger partial charge is 0.492 e. The number of hydrogen-bond donors (Lipinski definition) is 0. The molecule has 0 spiro atoms. The molecule has 218 valence electrons. The average Bonchev–Trinajstić information content (AvgIpc) is 2.81. The third kappa shape index (κ3) is 10.2. The Kier molecular flexibility index (Phi) is 11.5. The quantitative estimate of drug-likeness (QED) is 0.288. The molecule has 2 aliphatic heterocycles. The molecule has 4 rings (SSSR count). The van der Waals surface area contributed by atoms with E-state index in [1.165, 1.54) is 11.1 Å². The van der Waals surface area contributed by atoms with Crippen LogP contribution in [0.5, 0.6) is 11.5 Å². The first-order chi connectivity index (χ1) is 18.3. The Hall–Kier alpha value is -1.89. The Morgan fingerprint density at radius 3 is 1.44 bits per heavy atom. The van der Waals surface area contributed by atoms with E-state index in [4.69, 9.17) is 21.1 Å². The molecule has 0 bridgehead atoms. The number of likely N-dealkylation sites (tertiary alicyclic amines) is 2. The van der Waals surface area contributed by atoms with Crippen LogP contribution < -0.4 is 9.47 Å². The lowest BCUT2D eigenvalue weighted by atomic mass is 9.87. The van der Waals surface area contributed by atoms with Crippen molar-refractivity contribution >= 4 is 11.6 Å². The Morgan fingerprint density at radius 2 is 1.10 bits per heavy atom. The molecule has 39 heavy (non-hydrogen) atoms. The molecule has 0 unspecified atom stereocenters. The van der Waals surface area contributed by atoms with Crippen molar-refractivity contribution in [3.05, 3.63) is 59.7 Å². The van der Waals surface area contributed by atoms with Gasteiger partial charge in [0.1, 0.15) is 24.7 Å². The zero-order valence-electron chi connectivity index (χ0n) is 24.6. The van der Waals surface area contributed by atoms with E-state index in [1.807, 2.05) is 17.0 Å². The lowest BCUT2D eigenvalue weighted by Gasteiger charge is -2.38. The van der Waals surface area contributed by atoms with Crippen LogP contribution in [0, 0.1) is 11.8 Å². The van der Waals surface area contributed by atoms with Crippen LogP contribution in [-0.2, 0) is 10.8 Å². The zero-order valence-corrected chi connectivity index (χ0v) is 25.3. The Labute approximate surface area is 239 Å². The van der Waals surface area contributed by atoms with Crippen LogP contribution in [0.1, 0.15) is 52.7 Å². The van der Waals surface area contributed by atoms with Gasteiger partial charge in [0, 0.05) is 51.1 Å². The van der Waals surface area contributed by atoms with Crippen molar-refractivity contribution in [1.29, 1.82) is 0 Å². The summed E-state index contributed by atoms with van der Waals surface area (Å²) < 4.78 is 36.1. The summed E-state index contributed by atoms with van der Waals surface area (Å²) in [6, 6.07) is 16.5. The van der Waals surface area contributed by atoms with Gasteiger partial charge in [0.15, 0.2) is 0 Å². The van der Waals surface area contributed by atoms with Crippen LogP contribution in [0.25, 0.3) is 0 Å². The highest BCUT2D eigenvalue weighted by molar-refractivity contribution is 6.18. The molecule has 2 aliphatic rings. The molecular formula is C32H47ClF2N2O2. The zero-order chi connectivity index (χ0) is 28.6. The first kappa shape index (κ1) is 31.6. The second-order valence-corrected chi connectivity index (χ2v) is 13.2. The fraction of sp³-hybridized carbons (Fsp3) is 0.625. The van der Waals surface area contributed by atoms with Crippen LogP contribution in [0.2, 0.25) is 0 Å². The molecule has 0 atom stereocenters. The molecule has 2 aromatic rings. The van der Waals surface area contributed by atoms with Gasteiger partial charge in [-0.25, -0.2) is 8.78 Å². The average molecular weight is 565 g/mol. The molecule has 2 fully saturated rings. The minimum Gasteiger partial charge on any atom is -0.492 e. The van der Waals surface area contributed by atoms with Crippen molar-refractivity contribution in [2.75, 3.05) is 58.4 Å². The van der Waals surface area contributed by atoms with E-state index >= 15 is 0 Å². The van der Waals surface area contributed by atoms with E-state index in [1.54, 1.807) is 0 Å². The Bertz CT molecular complexity index is 975. The van der Waals surface area contributed by atoms with Crippen LogP contribution in [0.4, 0.5) is 8.78 Å². The smallest absolute Gasteiger partial charge is 0.243 e. The Morgan fingerprint density at radius 1 is 0.718 bits per heavy atom. The first-order valence-corrected chi connectivity index (χ1v) is 14.6. The molecule has 2 aromatic carbocycles. The minimum atomic E-state index is -2.18. The summed E-state index contributed by atoms with van der Waals surface area (Å²) in [6.07, 6.45) is -2.18. The van der Waals surface area contributed by atoms with Crippen LogP contribution >= 0.6 is 11.6 Å². The van der Waals surface area contributed by atoms with Gasteiger partial charge in [-0.1, -0.05) is 65.8 Å². The summed E-state index contributed by atoms with van der Waals surface area (Å²) in [5.74, 6) is 2.83. The molecule has 2 heterocycles. The predicted molar refractivity (Wildman–Crippen MR) is 158 cm³/mol. The van der Waals surface area contributed by atoms with E-state index < -0.39 is 12.3 Å². The fourth-order valence-corrected chi connectivity index (χ4v) is 4.79. The molecule has 0 radical (unpaired) electrons. The predicted octanol–water partition coefficient (Wildman–Crippen LogP) is 7.09. The SMILES string of the molecule is CC(C)(C)c1ccc(OCCN2CC(C(F)F)C2)cc1.CC(C)(C)c1ccc(OCCN2CC(CCl)C2)cc1. The molecular weight excluding hydrogens is 518 g/mol. The molecule has 0 saturated carbocycles. The van der Waals surface area contributed by atoms with Crippen molar-refractivity contribution in [1.82, 2.24) is 9.80 Å². The second kappa shape index (κ2) is 14.1. The number of ether oxygens (including phenoxy) is 2. The maximum atomic E-state index is 12.3. The van der Waals surface area contributed by atoms with E-state index in [0.717, 1.165) is 43.6 Å². The van der Waals surface area contributed by atoms with Gasteiger partial charge in [0.25, 0.3) is 0 Å². The number of benzene rings is 2. The lowest BCUT2D eigenvalue weighted by Crippen LogP contribution is -2.51. The minimum absolute atomic E-state index is 0.139. The van der Waals surface area contributed by atoms with Gasteiger partial charge in [-0.3, -0.25) is 9.80 Å². The summed E-state index contributed by atoms with van der Waals surface area (Å²) in [5.41, 5.74) is 2.95. The lowest BCUT2D eigenvalue weighted by molar-refractivity contribution is -0.0280. The third-order valence-electron chi connectivity index (χ3n) is 7.39. The molecule has 0 aliphatic carbocycles. The van der Waals surface area contributed by atoms with E-state index in [2.05, 4.69) is 82.8 Å².